The average molecular weight is 553 g/mol. The summed E-state index contributed by atoms with van der Waals surface area (Å²) >= 11 is 12.0. The van der Waals surface area contributed by atoms with Crippen molar-refractivity contribution in [3.8, 4) is 0 Å². The monoisotopic (exact) mass is 552 g/mol. The van der Waals surface area contributed by atoms with Crippen LogP contribution in [0.2, 0.25) is 10.0 Å². The van der Waals surface area contributed by atoms with Crippen molar-refractivity contribution >= 4 is 57.6 Å². The first-order valence-corrected chi connectivity index (χ1v) is 13.1. The van der Waals surface area contributed by atoms with E-state index in [1.54, 1.807) is 0 Å². The van der Waals surface area contributed by atoms with Gasteiger partial charge in [0.05, 0.1) is 16.1 Å². The Morgan fingerprint density at radius 2 is 2.00 bits per heavy atom. The highest BCUT2D eigenvalue weighted by Gasteiger charge is 2.50. The van der Waals surface area contributed by atoms with E-state index >= 15 is 0 Å². The van der Waals surface area contributed by atoms with Gasteiger partial charge < -0.3 is 25.6 Å². The second kappa shape index (κ2) is 10.2. The lowest BCUT2D eigenvalue weighted by atomic mass is 9.92. The van der Waals surface area contributed by atoms with Crippen LogP contribution in [0.1, 0.15) is 42.6 Å². The van der Waals surface area contributed by atoms with Gasteiger partial charge >= 0.3 is 0 Å². The molecule has 3 heterocycles. The summed E-state index contributed by atoms with van der Waals surface area (Å²) in [4.78, 5) is 56.2. The van der Waals surface area contributed by atoms with Crippen LogP contribution in [-0.4, -0.2) is 70.3 Å². The summed E-state index contributed by atoms with van der Waals surface area (Å²) in [5.74, 6) is -2.88. The molecule has 3 fully saturated rings. The molecule has 2 aromatic rings. The maximum Gasteiger partial charge on any atom is 0.271 e. The Labute approximate surface area is 222 Å². The molecule has 2 aliphatic heterocycles. The average Bonchev–Trinajstić information content (AvgIpc) is 3.65. The number of carbonyl (C=O) groups excluding carboxylic acids is 4. The summed E-state index contributed by atoms with van der Waals surface area (Å²) in [5.41, 5.74) is 0.533. The number of rotatable bonds is 7. The van der Waals surface area contributed by atoms with Gasteiger partial charge in [0.2, 0.25) is 11.8 Å². The molecule has 0 radical (unpaired) electrons. The van der Waals surface area contributed by atoms with E-state index in [2.05, 4.69) is 15.6 Å². The number of halogens is 3. The number of amides is 3. The number of aromatic amines is 1. The molecule has 0 spiro atoms. The number of H-pyrrole nitrogens is 1. The third kappa shape index (κ3) is 4.70. The molecule has 5 atom stereocenters. The third-order valence-corrected chi connectivity index (χ3v) is 8.60. The second-order valence-electron chi connectivity index (χ2n) is 10.1. The molecule has 1 aliphatic carbocycles. The van der Waals surface area contributed by atoms with Gasteiger partial charge in [-0.2, -0.15) is 0 Å². The Bertz CT molecular complexity index is 1280. The van der Waals surface area contributed by atoms with Crippen LogP contribution in [0, 0.1) is 23.6 Å². The zero-order valence-electron chi connectivity index (χ0n) is 19.9. The minimum Gasteiger partial charge on any atom is -0.389 e. The highest BCUT2D eigenvalue weighted by atomic mass is 35.5. The summed E-state index contributed by atoms with van der Waals surface area (Å²) in [7, 11) is 0. The molecule has 3 amide bonds. The molecule has 5 rings (SSSR count). The van der Waals surface area contributed by atoms with Crippen molar-refractivity contribution in [2.24, 2.45) is 17.8 Å². The number of fused-ring (bicyclic) bond motifs is 2. The fourth-order valence-electron chi connectivity index (χ4n) is 6.09. The van der Waals surface area contributed by atoms with Gasteiger partial charge in [-0.05, 0) is 49.7 Å². The molecule has 0 bridgehead atoms. The van der Waals surface area contributed by atoms with E-state index in [0.29, 0.717) is 30.4 Å². The third-order valence-electron chi connectivity index (χ3n) is 7.95. The van der Waals surface area contributed by atoms with Crippen LogP contribution < -0.4 is 10.6 Å². The number of Topliss-reactive ketones (excluding diaryl/α,β-unsaturated/α-hetero) is 1. The van der Waals surface area contributed by atoms with E-state index in [1.165, 1.54) is 17.0 Å². The number of aliphatic hydroxyl groups is 1. The quantitative estimate of drug-likeness (QED) is 0.392. The molecule has 9 nitrogen and oxygen atoms in total. The molecular formula is C25H27Cl2FN4O5. The van der Waals surface area contributed by atoms with Crippen LogP contribution in [-0.2, 0) is 14.4 Å². The first-order chi connectivity index (χ1) is 17.7. The van der Waals surface area contributed by atoms with Crippen molar-refractivity contribution in [1.29, 1.82) is 0 Å². The summed E-state index contributed by atoms with van der Waals surface area (Å²) < 4.78 is 14.2. The highest BCUT2D eigenvalue weighted by Crippen LogP contribution is 2.43. The summed E-state index contributed by atoms with van der Waals surface area (Å²) in [6.45, 7) is 0.0901. The topological polar surface area (TPSA) is 132 Å². The molecule has 5 unspecified atom stereocenters. The van der Waals surface area contributed by atoms with Crippen LogP contribution in [0.25, 0.3) is 10.9 Å². The van der Waals surface area contributed by atoms with Crippen LogP contribution in [0.15, 0.2) is 12.1 Å². The van der Waals surface area contributed by atoms with Crippen LogP contribution in [0.3, 0.4) is 0 Å². The van der Waals surface area contributed by atoms with E-state index in [9.17, 15) is 28.7 Å². The normalized spacial score (nSPS) is 25.8. The van der Waals surface area contributed by atoms with E-state index in [0.717, 1.165) is 19.3 Å². The number of aromatic nitrogens is 1. The minimum absolute atomic E-state index is 0.0801. The number of nitrogens with zero attached hydrogens (tertiary/aromatic N) is 1. The molecule has 2 saturated heterocycles. The lowest BCUT2D eigenvalue weighted by Crippen LogP contribution is -2.53. The largest absolute Gasteiger partial charge is 0.389 e. The zero-order valence-corrected chi connectivity index (χ0v) is 21.4. The lowest BCUT2D eigenvalue weighted by molar-refractivity contribution is -0.133. The lowest BCUT2D eigenvalue weighted by Gasteiger charge is -2.29. The summed E-state index contributed by atoms with van der Waals surface area (Å²) in [5, 5.41) is 14.8. The smallest absolute Gasteiger partial charge is 0.271 e. The molecule has 1 aromatic heterocycles. The van der Waals surface area contributed by atoms with Gasteiger partial charge in [-0.1, -0.05) is 29.6 Å². The Morgan fingerprint density at radius 3 is 2.70 bits per heavy atom. The number of likely N-dealkylation sites (tertiary alicyclic amines) is 1. The van der Waals surface area contributed by atoms with Crippen molar-refractivity contribution in [2.75, 3.05) is 19.7 Å². The standard InChI is InChI=1S/C25H27Cl2FN4O5/c26-15-8-16-14(20(27)21(15)28)7-18(30-16)25(37)32-9-12-2-1-3-13(12)22(32)24(36)31-17(19(34)10-33)6-11-4-5-29-23(11)35/h7-8,11-13,17,22,30,33H,1-6,9-10H2,(H,29,35)(H,31,36). The van der Waals surface area contributed by atoms with Crippen LogP contribution >= 0.6 is 23.2 Å². The van der Waals surface area contributed by atoms with Gasteiger partial charge in [0, 0.05) is 29.9 Å². The predicted octanol–water partition coefficient (Wildman–Crippen LogP) is 2.43. The van der Waals surface area contributed by atoms with E-state index in [4.69, 9.17) is 23.2 Å². The van der Waals surface area contributed by atoms with Crippen molar-refractivity contribution in [2.45, 2.75) is 44.2 Å². The summed E-state index contributed by atoms with van der Waals surface area (Å²) in [6, 6.07) is 0.927. The Kier molecular flexibility index (Phi) is 7.17. The van der Waals surface area contributed by atoms with Crippen LogP contribution in [0.4, 0.5) is 4.39 Å². The van der Waals surface area contributed by atoms with Gasteiger partial charge in [0.15, 0.2) is 11.6 Å². The predicted molar refractivity (Wildman–Crippen MR) is 134 cm³/mol. The maximum absolute atomic E-state index is 14.2. The first kappa shape index (κ1) is 25.9. The molecule has 4 N–H and O–H groups in total. The Hall–Kier alpha value is -2.69. The van der Waals surface area contributed by atoms with Crippen molar-refractivity contribution in [3.63, 3.8) is 0 Å². The van der Waals surface area contributed by atoms with Gasteiger partial charge in [-0.3, -0.25) is 19.2 Å². The second-order valence-corrected chi connectivity index (χ2v) is 10.9. The zero-order chi connectivity index (χ0) is 26.4. The molecule has 12 heteroatoms. The molecule has 3 aliphatic rings. The van der Waals surface area contributed by atoms with Gasteiger partial charge in [-0.15, -0.1) is 0 Å². The van der Waals surface area contributed by atoms with Gasteiger partial charge in [0.1, 0.15) is 18.3 Å². The number of aliphatic hydroxyl groups excluding tert-OH is 1. The first-order valence-electron chi connectivity index (χ1n) is 12.4. The maximum atomic E-state index is 14.2. The summed E-state index contributed by atoms with van der Waals surface area (Å²) in [6.07, 6.45) is 3.19. The molecule has 198 valence electrons. The van der Waals surface area contributed by atoms with Crippen molar-refractivity contribution < 1.29 is 28.7 Å². The van der Waals surface area contributed by atoms with Gasteiger partial charge in [0.25, 0.3) is 5.91 Å². The number of benzene rings is 1. The SMILES string of the molecule is O=C1NCCC1CC(NC(=O)C1C2CCCC2CN1C(=O)c1cc2c(Cl)c(F)c(Cl)cc2[nH]1)C(=O)CO. The van der Waals surface area contributed by atoms with E-state index in [1.807, 2.05) is 0 Å². The molecule has 1 aromatic carbocycles. The number of nitrogens with one attached hydrogen (secondary N) is 3. The van der Waals surface area contributed by atoms with Gasteiger partial charge in [-0.25, -0.2) is 4.39 Å². The highest BCUT2D eigenvalue weighted by molar-refractivity contribution is 6.39. The van der Waals surface area contributed by atoms with Crippen molar-refractivity contribution in [3.05, 3.63) is 33.7 Å². The number of carbonyl (C=O) groups is 4. The Morgan fingerprint density at radius 1 is 1.22 bits per heavy atom. The van der Waals surface area contributed by atoms with Crippen LogP contribution in [0.5, 0.6) is 0 Å². The minimum atomic E-state index is -1.04. The van der Waals surface area contributed by atoms with E-state index < -0.39 is 48.0 Å². The molecule has 37 heavy (non-hydrogen) atoms. The fourth-order valence-corrected chi connectivity index (χ4v) is 6.60. The fraction of sp³-hybridized carbons (Fsp3) is 0.520. The Balaban J connectivity index is 1.41. The number of hydrogen-bond acceptors (Lipinski definition) is 5. The molecule has 1 saturated carbocycles. The van der Waals surface area contributed by atoms with E-state index in [-0.39, 0.29) is 39.9 Å². The number of hydrogen-bond donors (Lipinski definition) is 4. The molecular weight excluding hydrogens is 526 g/mol. The number of ketones is 1. The van der Waals surface area contributed by atoms with Crippen molar-refractivity contribution in [1.82, 2.24) is 20.5 Å².